The fourth-order valence-corrected chi connectivity index (χ4v) is 1.06. The molecule has 1 aliphatic carbocycles. The van der Waals surface area contributed by atoms with Crippen molar-refractivity contribution in [2.24, 2.45) is 0 Å². The Morgan fingerprint density at radius 3 is 2.50 bits per heavy atom. The Morgan fingerprint density at radius 2 is 2.10 bits per heavy atom. The molecule has 0 saturated heterocycles. The van der Waals surface area contributed by atoms with Gasteiger partial charge in [-0.2, -0.15) is 0 Å². The van der Waals surface area contributed by atoms with Crippen molar-refractivity contribution in [2.75, 3.05) is 0 Å². The van der Waals surface area contributed by atoms with E-state index in [2.05, 4.69) is 53.1 Å². The predicted octanol–water partition coefficient (Wildman–Crippen LogP) is 3.01. The molecule has 0 fully saturated rings. The number of hydrogen-bond donors (Lipinski definition) is 0. The highest BCUT2D eigenvalue weighted by Crippen LogP contribution is 2.14. The van der Waals surface area contributed by atoms with Crippen LogP contribution in [0.4, 0.5) is 0 Å². The summed E-state index contributed by atoms with van der Waals surface area (Å²) in [5.41, 5.74) is 8.54. The second-order valence-electron chi connectivity index (χ2n) is 2.34. The second-order valence-corrected chi connectivity index (χ2v) is 4.21. The lowest BCUT2D eigenvalue weighted by Crippen LogP contribution is -1.92. The van der Waals surface area contributed by atoms with E-state index >= 15 is 0 Å². The minimum Gasteiger partial charge on any atom is -0.0770 e. The van der Waals surface area contributed by atoms with Crippen LogP contribution in [0.3, 0.4) is 0 Å². The lowest BCUT2D eigenvalue weighted by Gasteiger charge is -2.01. The summed E-state index contributed by atoms with van der Waals surface area (Å²) in [6.07, 6.45) is 4.17. The molecule has 52 valence electrons. The van der Waals surface area contributed by atoms with E-state index in [1.54, 1.807) is 0 Å². The highest BCUT2D eigenvalue weighted by Gasteiger charge is 2.00. The highest BCUT2D eigenvalue weighted by atomic mass is 127. The van der Waals surface area contributed by atoms with Gasteiger partial charge in [-0.1, -0.05) is 34.1 Å². The first-order chi connectivity index (χ1) is 4.70. The third-order valence-electron chi connectivity index (χ3n) is 1.35. The second kappa shape index (κ2) is 3.25. The van der Waals surface area contributed by atoms with Crippen LogP contribution < -0.4 is 0 Å². The van der Waals surface area contributed by atoms with Crippen molar-refractivity contribution in [3.8, 4) is 0 Å². The third-order valence-corrected chi connectivity index (χ3v) is 2.02. The van der Waals surface area contributed by atoms with Crippen molar-refractivity contribution >= 4 is 22.6 Å². The summed E-state index contributed by atoms with van der Waals surface area (Å²) in [7, 11) is 0. The van der Waals surface area contributed by atoms with Gasteiger partial charge in [-0.25, -0.2) is 0 Å². The summed E-state index contributed by atoms with van der Waals surface area (Å²) in [6.45, 7) is 4.17. The minimum absolute atomic E-state index is 0.537. The van der Waals surface area contributed by atoms with Gasteiger partial charge in [0.05, 0.1) is 0 Å². The van der Waals surface area contributed by atoms with Crippen molar-refractivity contribution < 1.29 is 0 Å². The molecule has 0 spiro atoms. The summed E-state index contributed by atoms with van der Waals surface area (Å²) in [6, 6.07) is 0. The molecule has 1 heteroatoms. The molecule has 1 atom stereocenters. The molecule has 0 aliphatic heterocycles. The molecule has 0 bridgehead atoms. The number of hydrogen-bond acceptors (Lipinski definition) is 0. The van der Waals surface area contributed by atoms with E-state index in [1.165, 1.54) is 5.57 Å². The standard InChI is InChI=1S/C9H9I/c1-7-3-5-9(6-4-7)8(2)10/h3,5,8H,1-2H3. The van der Waals surface area contributed by atoms with Gasteiger partial charge >= 0.3 is 0 Å². The van der Waals surface area contributed by atoms with Gasteiger partial charge in [0, 0.05) is 9.50 Å². The maximum Gasteiger partial charge on any atom is 0.0411 e. The Labute approximate surface area is 75.2 Å². The van der Waals surface area contributed by atoms with Crippen LogP contribution in [0, 0.1) is 0 Å². The number of halogens is 1. The van der Waals surface area contributed by atoms with E-state index in [1.807, 2.05) is 6.92 Å². The first kappa shape index (κ1) is 7.87. The molecule has 0 aromatic carbocycles. The van der Waals surface area contributed by atoms with Crippen molar-refractivity contribution in [3.63, 3.8) is 0 Å². The molecule has 1 aliphatic rings. The maximum absolute atomic E-state index is 3.10. The third kappa shape index (κ3) is 1.88. The Kier molecular flexibility index (Phi) is 2.56. The molecular formula is C9H9I. The summed E-state index contributed by atoms with van der Waals surface area (Å²) in [5.74, 6) is 0. The van der Waals surface area contributed by atoms with Crippen molar-refractivity contribution in [1.82, 2.24) is 0 Å². The first-order valence-electron chi connectivity index (χ1n) is 3.24. The molecule has 1 rings (SSSR count). The van der Waals surface area contributed by atoms with Crippen LogP contribution in [-0.4, -0.2) is 3.92 Å². The van der Waals surface area contributed by atoms with Crippen LogP contribution >= 0.6 is 22.6 Å². The number of allylic oxidation sites excluding steroid dienone is 4. The van der Waals surface area contributed by atoms with Gasteiger partial charge in [-0.15, -0.1) is 0 Å². The first-order valence-corrected chi connectivity index (χ1v) is 4.49. The molecule has 0 radical (unpaired) electrons. The van der Waals surface area contributed by atoms with Crippen LogP contribution in [0.5, 0.6) is 0 Å². The van der Waals surface area contributed by atoms with E-state index in [4.69, 9.17) is 0 Å². The molecule has 0 aromatic rings. The molecule has 1 unspecified atom stereocenters. The minimum atomic E-state index is 0.537. The van der Waals surface area contributed by atoms with Crippen LogP contribution in [0.15, 0.2) is 34.8 Å². The van der Waals surface area contributed by atoms with Crippen LogP contribution in [-0.2, 0) is 0 Å². The number of alkyl halides is 1. The van der Waals surface area contributed by atoms with Gasteiger partial charge in [-0.3, -0.25) is 0 Å². The molecule has 0 heterocycles. The fraction of sp³-hybridized carbons (Fsp3) is 0.333. The SMILES string of the molecule is CC1=C=C=C(C(C)I)C=C1. The zero-order valence-corrected chi connectivity index (χ0v) is 8.27. The van der Waals surface area contributed by atoms with Gasteiger partial charge in [0.1, 0.15) is 0 Å². The van der Waals surface area contributed by atoms with Crippen LogP contribution in [0.2, 0.25) is 0 Å². The lowest BCUT2D eigenvalue weighted by atomic mass is 10.1. The zero-order valence-electron chi connectivity index (χ0n) is 6.11. The Hall–Kier alpha value is -0.230. The van der Waals surface area contributed by atoms with Crippen LogP contribution in [0.1, 0.15) is 13.8 Å². The molecule has 0 saturated carbocycles. The molecule has 0 nitrogen and oxygen atoms in total. The van der Waals surface area contributed by atoms with E-state index in [0.717, 1.165) is 5.57 Å². The molecule has 10 heavy (non-hydrogen) atoms. The fourth-order valence-electron chi connectivity index (χ4n) is 0.701. The largest absolute Gasteiger partial charge is 0.0770 e. The quantitative estimate of drug-likeness (QED) is 0.378. The van der Waals surface area contributed by atoms with E-state index in [0.29, 0.717) is 3.92 Å². The molecular weight excluding hydrogens is 235 g/mol. The smallest absolute Gasteiger partial charge is 0.0411 e. The van der Waals surface area contributed by atoms with Gasteiger partial charge < -0.3 is 0 Å². The Morgan fingerprint density at radius 1 is 1.40 bits per heavy atom. The summed E-state index contributed by atoms with van der Waals surface area (Å²) in [5, 5.41) is 0. The van der Waals surface area contributed by atoms with Gasteiger partial charge in [-0.05, 0) is 31.6 Å². The predicted molar refractivity (Wildman–Crippen MR) is 52.3 cm³/mol. The molecule has 0 N–H and O–H groups in total. The summed E-state index contributed by atoms with van der Waals surface area (Å²) in [4.78, 5) is 0. The average molecular weight is 244 g/mol. The topological polar surface area (TPSA) is 0 Å². The van der Waals surface area contributed by atoms with Gasteiger partial charge in [0.15, 0.2) is 0 Å². The lowest BCUT2D eigenvalue weighted by molar-refractivity contribution is 1.22. The average Bonchev–Trinajstić information content (AvgIpc) is 1.88. The van der Waals surface area contributed by atoms with Crippen molar-refractivity contribution in [3.05, 3.63) is 34.8 Å². The maximum atomic E-state index is 3.10. The normalized spacial score (nSPS) is 18.3. The Bertz CT molecular complexity index is 256. The monoisotopic (exact) mass is 244 g/mol. The molecule has 0 aromatic heterocycles. The van der Waals surface area contributed by atoms with Crippen molar-refractivity contribution in [1.29, 1.82) is 0 Å². The number of rotatable bonds is 1. The van der Waals surface area contributed by atoms with Gasteiger partial charge in [0.25, 0.3) is 0 Å². The highest BCUT2D eigenvalue weighted by molar-refractivity contribution is 14.1. The van der Waals surface area contributed by atoms with Gasteiger partial charge in [0.2, 0.25) is 0 Å². The molecule has 0 amide bonds. The van der Waals surface area contributed by atoms with E-state index in [9.17, 15) is 0 Å². The zero-order chi connectivity index (χ0) is 7.56. The van der Waals surface area contributed by atoms with Crippen molar-refractivity contribution in [2.45, 2.75) is 17.8 Å². The summed E-state index contributed by atoms with van der Waals surface area (Å²) >= 11 is 2.37. The Balaban J connectivity index is 3.03. The van der Waals surface area contributed by atoms with E-state index in [-0.39, 0.29) is 0 Å². The van der Waals surface area contributed by atoms with Crippen LogP contribution in [0.25, 0.3) is 0 Å². The summed E-state index contributed by atoms with van der Waals surface area (Å²) < 4.78 is 0.537. The van der Waals surface area contributed by atoms with E-state index < -0.39 is 0 Å².